The normalized spacial score (nSPS) is 9.13. The molecule has 0 radical (unpaired) electrons. The van der Waals surface area contributed by atoms with Gasteiger partial charge in [0.2, 0.25) is 0 Å². The molecule has 0 aliphatic carbocycles. The number of carbonyl (C=O) groups excluding carboxylic acids is 1. The third-order valence-electron chi connectivity index (χ3n) is 1.84. The molecule has 0 saturated carbocycles. The molecule has 2 N–H and O–H groups in total. The highest BCUT2D eigenvalue weighted by Crippen LogP contribution is 2.22. The number of phenolic OH excluding ortho intramolecular Hbond substituents is 1. The van der Waals surface area contributed by atoms with Gasteiger partial charge in [-0.25, -0.2) is 0 Å². The number of aliphatic hydroxyl groups is 1. The molecular weight excluding hydrogens is 192 g/mol. The summed E-state index contributed by atoms with van der Waals surface area (Å²) in [5.74, 6) is 0.350. The minimum atomic E-state index is -0.361. The maximum Gasteiger partial charge on any atom is 0.145 e. The predicted molar refractivity (Wildman–Crippen MR) is 58.8 cm³/mol. The van der Waals surface area contributed by atoms with Crippen LogP contribution in [-0.2, 0) is 4.79 Å². The Balaban J connectivity index is 0.000000245. The Bertz CT molecular complexity index is 432. The van der Waals surface area contributed by atoms with E-state index in [1.54, 1.807) is 6.07 Å². The lowest BCUT2D eigenvalue weighted by Gasteiger charge is -1.97. The molecule has 15 heavy (non-hydrogen) atoms. The van der Waals surface area contributed by atoms with Crippen LogP contribution in [0.15, 0.2) is 42.5 Å². The lowest BCUT2D eigenvalue weighted by Crippen LogP contribution is -1.75. The van der Waals surface area contributed by atoms with Gasteiger partial charge in [-0.05, 0) is 11.5 Å². The third kappa shape index (κ3) is 3.07. The van der Waals surface area contributed by atoms with E-state index in [-0.39, 0.29) is 6.61 Å². The summed E-state index contributed by atoms with van der Waals surface area (Å²) in [6, 6.07) is 13.3. The van der Waals surface area contributed by atoms with Crippen molar-refractivity contribution in [2.45, 2.75) is 0 Å². The van der Waals surface area contributed by atoms with Gasteiger partial charge in [-0.2, -0.15) is 0 Å². The smallest absolute Gasteiger partial charge is 0.145 e. The van der Waals surface area contributed by atoms with E-state index >= 15 is 0 Å². The Morgan fingerprint density at radius 2 is 1.67 bits per heavy atom. The SMILES string of the molecule is O=CCO.Oc1cccc2ccccc12. The van der Waals surface area contributed by atoms with E-state index in [1.165, 1.54) is 0 Å². The van der Waals surface area contributed by atoms with Crippen LogP contribution < -0.4 is 0 Å². The van der Waals surface area contributed by atoms with Crippen molar-refractivity contribution >= 4 is 17.1 Å². The number of phenols is 1. The number of rotatable bonds is 1. The second-order valence-electron chi connectivity index (χ2n) is 2.85. The molecule has 3 nitrogen and oxygen atoms in total. The van der Waals surface area contributed by atoms with Crippen molar-refractivity contribution in [1.82, 2.24) is 0 Å². The third-order valence-corrected chi connectivity index (χ3v) is 1.84. The summed E-state index contributed by atoms with van der Waals surface area (Å²) in [7, 11) is 0. The summed E-state index contributed by atoms with van der Waals surface area (Å²) in [4.78, 5) is 8.92. The van der Waals surface area contributed by atoms with Crippen LogP contribution in [0.25, 0.3) is 10.8 Å². The summed E-state index contributed by atoms with van der Waals surface area (Å²) < 4.78 is 0. The lowest BCUT2D eigenvalue weighted by atomic mass is 10.1. The highest BCUT2D eigenvalue weighted by molar-refractivity contribution is 5.87. The van der Waals surface area contributed by atoms with E-state index in [0.29, 0.717) is 12.0 Å². The van der Waals surface area contributed by atoms with Crippen molar-refractivity contribution in [3.05, 3.63) is 42.5 Å². The monoisotopic (exact) mass is 204 g/mol. The maximum atomic E-state index is 9.37. The molecule has 0 amide bonds. The second-order valence-corrected chi connectivity index (χ2v) is 2.85. The molecule has 0 heterocycles. The fourth-order valence-electron chi connectivity index (χ4n) is 1.21. The van der Waals surface area contributed by atoms with Crippen molar-refractivity contribution in [3.8, 4) is 5.75 Å². The number of aromatic hydroxyl groups is 1. The first-order valence-electron chi connectivity index (χ1n) is 4.51. The highest BCUT2D eigenvalue weighted by Gasteiger charge is 1.94. The minimum Gasteiger partial charge on any atom is -0.507 e. The molecule has 2 aromatic rings. The van der Waals surface area contributed by atoms with E-state index in [0.717, 1.165) is 10.8 Å². The van der Waals surface area contributed by atoms with Crippen molar-refractivity contribution in [2.75, 3.05) is 6.61 Å². The molecule has 0 atom stereocenters. The first kappa shape index (κ1) is 11.2. The Morgan fingerprint density at radius 1 is 1.07 bits per heavy atom. The summed E-state index contributed by atoms with van der Waals surface area (Å²) in [6.45, 7) is -0.361. The average molecular weight is 204 g/mol. The van der Waals surface area contributed by atoms with E-state index in [1.807, 2.05) is 36.4 Å². The van der Waals surface area contributed by atoms with Gasteiger partial charge in [0.1, 0.15) is 12.0 Å². The number of aliphatic hydroxyl groups excluding tert-OH is 1. The molecule has 0 saturated heterocycles. The molecule has 0 aromatic heterocycles. The van der Waals surface area contributed by atoms with Gasteiger partial charge in [-0.1, -0.05) is 36.4 Å². The minimum absolute atomic E-state index is 0.350. The van der Waals surface area contributed by atoms with Gasteiger partial charge in [0, 0.05) is 5.39 Å². The van der Waals surface area contributed by atoms with Crippen LogP contribution in [0.5, 0.6) is 5.75 Å². The lowest BCUT2D eigenvalue weighted by molar-refractivity contribution is -0.110. The highest BCUT2D eigenvalue weighted by atomic mass is 16.3. The van der Waals surface area contributed by atoms with Gasteiger partial charge in [0.25, 0.3) is 0 Å². The molecule has 0 fully saturated rings. The number of hydrogen-bond donors (Lipinski definition) is 2. The van der Waals surface area contributed by atoms with Crippen LogP contribution in [0, 0.1) is 0 Å². The van der Waals surface area contributed by atoms with Crippen molar-refractivity contribution in [3.63, 3.8) is 0 Å². The van der Waals surface area contributed by atoms with E-state index in [4.69, 9.17) is 9.90 Å². The van der Waals surface area contributed by atoms with E-state index < -0.39 is 0 Å². The zero-order valence-electron chi connectivity index (χ0n) is 8.13. The van der Waals surface area contributed by atoms with Gasteiger partial charge in [0.15, 0.2) is 0 Å². The molecule has 2 aromatic carbocycles. The fraction of sp³-hybridized carbons (Fsp3) is 0.0833. The first-order valence-corrected chi connectivity index (χ1v) is 4.51. The average Bonchev–Trinajstić information content (AvgIpc) is 2.30. The number of hydrogen-bond acceptors (Lipinski definition) is 3. The van der Waals surface area contributed by atoms with Crippen molar-refractivity contribution in [2.24, 2.45) is 0 Å². The van der Waals surface area contributed by atoms with Gasteiger partial charge < -0.3 is 15.0 Å². The molecular formula is C12H12O3. The Kier molecular flexibility index (Phi) is 4.31. The zero-order chi connectivity index (χ0) is 11.1. The number of aldehydes is 1. The molecule has 0 bridgehead atoms. The zero-order valence-corrected chi connectivity index (χ0v) is 8.13. The largest absolute Gasteiger partial charge is 0.507 e. The van der Waals surface area contributed by atoms with Crippen LogP contribution in [0.1, 0.15) is 0 Å². The number of fused-ring (bicyclic) bond motifs is 1. The Morgan fingerprint density at radius 3 is 2.27 bits per heavy atom. The summed E-state index contributed by atoms with van der Waals surface area (Å²) in [6.07, 6.45) is 0.431. The van der Waals surface area contributed by atoms with Gasteiger partial charge >= 0.3 is 0 Å². The second kappa shape index (κ2) is 5.78. The van der Waals surface area contributed by atoms with E-state index in [2.05, 4.69) is 0 Å². The standard InChI is InChI=1S/C10H8O.C2H4O2/c11-10-7-3-5-8-4-1-2-6-9(8)10;3-1-2-4/h1-7,11H;1,4H,2H2. The number of benzene rings is 2. The van der Waals surface area contributed by atoms with Crippen LogP contribution in [-0.4, -0.2) is 23.1 Å². The maximum absolute atomic E-state index is 9.37. The fourth-order valence-corrected chi connectivity index (χ4v) is 1.21. The van der Waals surface area contributed by atoms with Crippen LogP contribution in [0.2, 0.25) is 0 Å². The molecule has 0 aliphatic heterocycles. The van der Waals surface area contributed by atoms with E-state index in [9.17, 15) is 5.11 Å². The molecule has 0 spiro atoms. The van der Waals surface area contributed by atoms with Crippen LogP contribution in [0.4, 0.5) is 0 Å². The van der Waals surface area contributed by atoms with Crippen molar-refractivity contribution in [1.29, 1.82) is 0 Å². The summed E-state index contributed by atoms with van der Waals surface area (Å²) >= 11 is 0. The molecule has 78 valence electrons. The summed E-state index contributed by atoms with van der Waals surface area (Å²) in [5.41, 5.74) is 0. The molecule has 0 aliphatic rings. The van der Waals surface area contributed by atoms with Gasteiger partial charge in [0.05, 0.1) is 6.61 Å². The van der Waals surface area contributed by atoms with Gasteiger partial charge in [-0.15, -0.1) is 0 Å². The Hall–Kier alpha value is -1.87. The molecule has 0 unspecified atom stereocenters. The van der Waals surface area contributed by atoms with Crippen LogP contribution >= 0.6 is 0 Å². The number of carbonyl (C=O) groups is 1. The predicted octanol–water partition coefficient (Wildman–Crippen LogP) is 1.72. The molecule has 3 heteroatoms. The molecule has 2 rings (SSSR count). The topological polar surface area (TPSA) is 57.5 Å². The Labute approximate surface area is 87.6 Å². The summed E-state index contributed by atoms with van der Waals surface area (Å²) in [5, 5.41) is 18.9. The van der Waals surface area contributed by atoms with Crippen LogP contribution in [0.3, 0.4) is 0 Å². The first-order chi connectivity index (χ1) is 7.29. The van der Waals surface area contributed by atoms with Crippen molar-refractivity contribution < 1.29 is 15.0 Å². The quantitative estimate of drug-likeness (QED) is 0.695. The van der Waals surface area contributed by atoms with Gasteiger partial charge in [-0.3, -0.25) is 0 Å².